The molecule has 1 aliphatic rings. The SMILES string of the molecule is C[C@@]1(c2ccc(F)c(F)c2)NC(=O)N(CC(=O)O)C1=O. The van der Waals surface area contributed by atoms with Gasteiger partial charge in [0.2, 0.25) is 0 Å². The van der Waals surface area contributed by atoms with E-state index < -0.39 is 41.6 Å². The van der Waals surface area contributed by atoms with Crippen molar-refractivity contribution in [2.24, 2.45) is 0 Å². The molecule has 0 aliphatic carbocycles. The van der Waals surface area contributed by atoms with E-state index in [0.717, 1.165) is 18.2 Å². The Labute approximate surface area is 112 Å². The minimum absolute atomic E-state index is 0.0302. The van der Waals surface area contributed by atoms with Crippen molar-refractivity contribution in [3.63, 3.8) is 0 Å². The number of rotatable bonds is 3. The lowest BCUT2D eigenvalue weighted by Gasteiger charge is -2.22. The summed E-state index contributed by atoms with van der Waals surface area (Å²) >= 11 is 0. The summed E-state index contributed by atoms with van der Waals surface area (Å²) in [5.74, 6) is -4.45. The number of urea groups is 1. The van der Waals surface area contributed by atoms with Gasteiger partial charge in [0.1, 0.15) is 12.1 Å². The van der Waals surface area contributed by atoms with Gasteiger partial charge in [-0.1, -0.05) is 6.07 Å². The zero-order valence-corrected chi connectivity index (χ0v) is 10.3. The first kappa shape index (κ1) is 13.9. The Morgan fingerprint density at radius 2 is 2.00 bits per heavy atom. The molecule has 1 aromatic rings. The van der Waals surface area contributed by atoms with Crippen molar-refractivity contribution in [1.29, 1.82) is 0 Å². The first-order valence-corrected chi connectivity index (χ1v) is 5.57. The Morgan fingerprint density at radius 3 is 2.55 bits per heavy atom. The van der Waals surface area contributed by atoms with Crippen molar-refractivity contribution in [1.82, 2.24) is 10.2 Å². The summed E-state index contributed by atoms with van der Waals surface area (Å²) < 4.78 is 26.1. The lowest BCUT2D eigenvalue weighted by atomic mass is 9.92. The van der Waals surface area contributed by atoms with Gasteiger partial charge in [0.05, 0.1) is 0 Å². The second-order valence-electron chi connectivity index (χ2n) is 4.47. The van der Waals surface area contributed by atoms with Gasteiger partial charge in [-0.25, -0.2) is 13.6 Å². The smallest absolute Gasteiger partial charge is 0.325 e. The van der Waals surface area contributed by atoms with Crippen LogP contribution in [0.5, 0.6) is 0 Å². The van der Waals surface area contributed by atoms with Crippen molar-refractivity contribution in [3.8, 4) is 0 Å². The van der Waals surface area contributed by atoms with Crippen LogP contribution >= 0.6 is 0 Å². The third-order valence-corrected chi connectivity index (χ3v) is 3.07. The van der Waals surface area contributed by atoms with Gasteiger partial charge in [-0.15, -0.1) is 0 Å². The first-order valence-electron chi connectivity index (χ1n) is 5.57. The molecule has 2 N–H and O–H groups in total. The number of carboxylic acids is 1. The normalized spacial score (nSPS) is 22.1. The van der Waals surface area contributed by atoms with Gasteiger partial charge in [0, 0.05) is 0 Å². The van der Waals surface area contributed by atoms with E-state index in [2.05, 4.69) is 5.32 Å². The van der Waals surface area contributed by atoms with E-state index in [1.165, 1.54) is 6.92 Å². The largest absolute Gasteiger partial charge is 0.480 e. The van der Waals surface area contributed by atoms with Gasteiger partial charge < -0.3 is 10.4 Å². The monoisotopic (exact) mass is 284 g/mol. The molecule has 0 bridgehead atoms. The predicted octanol–water partition coefficient (Wildman–Crippen LogP) is 0.816. The fourth-order valence-corrected chi connectivity index (χ4v) is 1.98. The number of aliphatic carboxylic acids is 1. The number of benzene rings is 1. The van der Waals surface area contributed by atoms with Crippen molar-refractivity contribution < 1.29 is 28.3 Å². The zero-order valence-electron chi connectivity index (χ0n) is 10.3. The molecule has 0 aromatic heterocycles. The molecule has 1 fully saturated rings. The van der Waals surface area contributed by atoms with Crippen molar-refractivity contribution >= 4 is 17.9 Å². The maximum absolute atomic E-state index is 13.2. The molecular weight excluding hydrogens is 274 g/mol. The zero-order chi connectivity index (χ0) is 15.1. The summed E-state index contributed by atoms with van der Waals surface area (Å²) in [5.41, 5.74) is -1.59. The average Bonchev–Trinajstić information content (AvgIpc) is 2.57. The van der Waals surface area contributed by atoms with Gasteiger partial charge in [0.15, 0.2) is 11.6 Å². The van der Waals surface area contributed by atoms with E-state index in [-0.39, 0.29) is 5.56 Å². The molecule has 20 heavy (non-hydrogen) atoms. The molecule has 0 saturated carbocycles. The summed E-state index contributed by atoms with van der Waals surface area (Å²) in [6, 6.07) is 1.87. The number of hydrogen-bond acceptors (Lipinski definition) is 3. The van der Waals surface area contributed by atoms with E-state index in [1.54, 1.807) is 0 Å². The summed E-state index contributed by atoms with van der Waals surface area (Å²) in [5, 5.41) is 10.9. The molecule has 1 saturated heterocycles. The van der Waals surface area contributed by atoms with Crippen LogP contribution in [0, 0.1) is 11.6 Å². The second kappa shape index (κ2) is 4.55. The summed E-state index contributed by atoms with van der Waals surface area (Å²) in [6.07, 6.45) is 0. The van der Waals surface area contributed by atoms with E-state index in [9.17, 15) is 23.2 Å². The number of amides is 3. The average molecular weight is 284 g/mol. The number of carboxylic acid groups (broad SMARTS) is 1. The Bertz CT molecular complexity index is 619. The quantitative estimate of drug-likeness (QED) is 0.804. The van der Waals surface area contributed by atoms with Crippen LogP contribution < -0.4 is 5.32 Å². The van der Waals surface area contributed by atoms with Crippen LogP contribution in [-0.4, -0.2) is 34.5 Å². The third-order valence-electron chi connectivity index (χ3n) is 3.07. The number of nitrogens with one attached hydrogen (secondary N) is 1. The number of nitrogens with zero attached hydrogens (tertiary/aromatic N) is 1. The van der Waals surface area contributed by atoms with E-state index in [1.807, 2.05) is 0 Å². The standard InChI is InChI=1S/C12H10F2N2O4/c1-12(6-2-3-7(13)8(14)4-6)10(19)16(5-9(17)18)11(20)15-12/h2-4H,5H2,1H3,(H,15,20)(H,17,18)/t12-/m0/s1. The molecular formula is C12H10F2N2O4. The van der Waals surface area contributed by atoms with Crippen LogP contribution in [0.3, 0.4) is 0 Å². The minimum atomic E-state index is -1.62. The highest BCUT2D eigenvalue weighted by molar-refractivity contribution is 6.08. The van der Waals surface area contributed by atoms with Gasteiger partial charge in [-0.3, -0.25) is 14.5 Å². The van der Waals surface area contributed by atoms with Gasteiger partial charge in [0.25, 0.3) is 5.91 Å². The summed E-state index contributed by atoms with van der Waals surface area (Å²) in [4.78, 5) is 34.9. The highest BCUT2D eigenvalue weighted by Gasteiger charge is 2.49. The van der Waals surface area contributed by atoms with Crippen LogP contribution in [0.1, 0.15) is 12.5 Å². The molecule has 0 spiro atoms. The van der Waals surface area contributed by atoms with Crippen molar-refractivity contribution in [2.45, 2.75) is 12.5 Å². The summed E-state index contributed by atoms with van der Waals surface area (Å²) in [7, 11) is 0. The predicted molar refractivity (Wildman–Crippen MR) is 61.6 cm³/mol. The van der Waals surface area contributed by atoms with Crippen LogP contribution in [0.2, 0.25) is 0 Å². The maximum Gasteiger partial charge on any atom is 0.325 e. The van der Waals surface area contributed by atoms with E-state index in [0.29, 0.717) is 4.90 Å². The molecule has 1 heterocycles. The fourth-order valence-electron chi connectivity index (χ4n) is 1.98. The molecule has 0 unspecified atom stereocenters. The molecule has 6 nitrogen and oxygen atoms in total. The lowest BCUT2D eigenvalue weighted by molar-refractivity contribution is -0.142. The molecule has 8 heteroatoms. The molecule has 1 atom stereocenters. The van der Waals surface area contributed by atoms with E-state index in [4.69, 9.17) is 5.11 Å². The van der Waals surface area contributed by atoms with E-state index >= 15 is 0 Å². The molecule has 1 aromatic carbocycles. The Morgan fingerprint density at radius 1 is 1.35 bits per heavy atom. The lowest BCUT2D eigenvalue weighted by Crippen LogP contribution is -2.41. The Hall–Kier alpha value is -2.51. The first-order chi connectivity index (χ1) is 9.25. The second-order valence-corrected chi connectivity index (χ2v) is 4.47. The van der Waals surface area contributed by atoms with Crippen LogP contribution in [-0.2, 0) is 15.1 Å². The van der Waals surface area contributed by atoms with Gasteiger partial charge in [-0.2, -0.15) is 0 Å². The third kappa shape index (κ3) is 2.09. The maximum atomic E-state index is 13.2. The molecule has 3 amide bonds. The van der Waals surface area contributed by atoms with Crippen molar-refractivity contribution in [3.05, 3.63) is 35.4 Å². The molecule has 0 radical (unpaired) electrons. The van der Waals surface area contributed by atoms with Gasteiger partial charge >= 0.3 is 12.0 Å². The summed E-state index contributed by atoms with van der Waals surface area (Å²) in [6.45, 7) is 0.492. The van der Waals surface area contributed by atoms with Crippen LogP contribution in [0.4, 0.5) is 13.6 Å². The highest BCUT2D eigenvalue weighted by atomic mass is 19.2. The number of halogens is 2. The van der Waals surface area contributed by atoms with Gasteiger partial charge in [-0.05, 0) is 24.6 Å². The van der Waals surface area contributed by atoms with Crippen LogP contribution in [0.25, 0.3) is 0 Å². The molecule has 106 valence electrons. The van der Waals surface area contributed by atoms with Crippen LogP contribution in [0.15, 0.2) is 18.2 Å². The topological polar surface area (TPSA) is 86.7 Å². The number of hydrogen-bond donors (Lipinski definition) is 2. The number of carbonyl (C=O) groups excluding carboxylic acids is 2. The highest BCUT2D eigenvalue weighted by Crippen LogP contribution is 2.29. The number of imide groups is 1. The number of carbonyl (C=O) groups is 3. The molecule has 1 aliphatic heterocycles. The Balaban J connectivity index is 2.40. The molecule has 2 rings (SSSR count). The fraction of sp³-hybridized carbons (Fsp3) is 0.250. The van der Waals surface area contributed by atoms with Crippen molar-refractivity contribution in [2.75, 3.05) is 6.54 Å². The Kier molecular flexibility index (Phi) is 3.16. The minimum Gasteiger partial charge on any atom is -0.480 e.